The van der Waals surface area contributed by atoms with Gasteiger partial charge in [-0.2, -0.15) is 13.2 Å². The van der Waals surface area contributed by atoms with Crippen LogP contribution in [0.3, 0.4) is 0 Å². The summed E-state index contributed by atoms with van der Waals surface area (Å²) in [7, 11) is 0. The Hall–Kier alpha value is -0.750. The van der Waals surface area contributed by atoms with Gasteiger partial charge in [0.25, 0.3) is 0 Å². The highest BCUT2D eigenvalue weighted by Crippen LogP contribution is 2.35. The van der Waals surface area contributed by atoms with Crippen LogP contribution in [-0.2, 0) is 6.18 Å². The SMILES string of the molecule is CCCN(CCO)c1ccc(C(F)(F)F)cc1Br. The largest absolute Gasteiger partial charge is 0.416 e. The molecule has 18 heavy (non-hydrogen) atoms. The van der Waals surface area contributed by atoms with Crippen molar-refractivity contribution in [3.05, 3.63) is 28.2 Å². The molecule has 0 aliphatic heterocycles. The van der Waals surface area contributed by atoms with Crippen LogP contribution in [0.25, 0.3) is 0 Å². The van der Waals surface area contributed by atoms with Crippen LogP contribution in [0.15, 0.2) is 22.7 Å². The topological polar surface area (TPSA) is 23.5 Å². The smallest absolute Gasteiger partial charge is 0.395 e. The molecule has 0 unspecified atom stereocenters. The van der Waals surface area contributed by atoms with E-state index in [1.165, 1.54) is 6.07 Å². The Morgan fingerprint density at radius 2 is 1.94 bits per heavy atom. The summed E-state index contributed by atoms with van der Waals surface area (Å²) in [4.78, 5) is 1.85. The molecule has 0 fully saturated rings. The predicted octanol–water partition coefficient (Wildman–Crippen LogP) is 3.68. The second kappa shape index (κ2) is 6.43. The molecule has 0 aromatic heterocycles. The van der Waals surface area contributed by atoms with E-state index in [2.05, 4.69) is 15.9 Å². The van der Waals surface area contributed by atoms with Crippen molar-refractivity contribution in [3.8, 4) is 0 Å². The first kappa shape index (κ1) is 15.3. The molecular formula is C12H15BrF3NO. The molecule has 0 saturated carbocycles. The van der Waals surface area contributed by atoms with E-state index in [4.69, 9.17) is 5.11 Å². The number of benzene rings is 1. The molecule has 0 spiro atoms. The molecule has 2 nitrogen and oxygen atoms in total. The molecular weight excluding hydrogens is 311 g/mol. The van der Waals surface area contributed by atoms with E-state index < -0.39 is 11.7 Å². The second-order valence-corrected chi connectivity index (χ2v) is 4.73. The van der Waals surface area contributed by atoms with Gasteiger partial charge in [0.15, 0.2) is 0 Å². The van der Waals surface area contributed by atoms with Crippen molar-refractivity contribution in [2.75, 3.05) is 24.6 Å². The Labute approximate surface area is 113 Å². The molecule has 0 radical (unpaired) electrons. The quantitative estimate of drug-likeness (QED) is 0.892. The van der Waals surface area contributed by atoms with E-state index in [1.807, 2.05) is 11.8 Å². The van der Waals surface area contributed by atoms with Crippen LogP contribution in [0.2, 0.25) is 0 Å². The zero-order chi connectivity index (χ0) is 13.8. The van der Waals surface area contributed by atoms with Gasteiger partial charge in [0.1, 0.15) is 0 Å². The number of aliphatic hydroxyl groups is 1. The van der Waals surface area contributed by atoms with Gasteiger partial charge in [-0.25, -0.2) is 0 Å². The molecule has 1 aromatic carbocycles. The Balaban J connectivity index is 3.03. The second-order valence-electron chi connectivity index (χ2n) is 3.87. The molecule has 0 saturated heterocycles. The number of alkyl halides is 3. The monoisotopic (exact) mass is 325 g/mol. The molecule has 0 amide bonds. The van der Waals surface area contributed by atoms with Gasteiger partial charge in [0.05, 0.1) is 17.9 Å². The van der Waals surface area contributed by atoms with Crippen molar-refractivity contribution in [2.45, 2.75) is 19.5 Å². The zero-order valence-electron chi connectivity index (χ0n) is 9.97. The first-order valence-corrected chi connectivity index (χ1v) is 6.42. The first-order chi connectivity index (χ1) is 8.40. The summed E-state index contributed by atoms with van der Waals surface area (Å²) in [5, 5.41) is 8.96. The van der Waals surface area contributed by atoms with Gasteiger partial charge < -0.3 is 10.0 Å². The Morgan fingerprint density at radius 1 is 1.28 bits per heavy atom. The fourth-order valence-corrected chi connectivity index (χ4v) is 2.31. The molecule has 0 aliphatic rings. The minimum absolute atomic E-state index is 0.0343. The van der Waals surface area contributed by atoms with Gasteiger partial charge in [0, 0.05) is 17.6 Å². The summed E-state index contributed by atoms with van der Waals surface area (Å²) in [5.74, 6) is 0. The van der Waals surface area contributed by atoms with Crippen LogP contribution in [-0.4, -0.2) is 24.8 Å². The van der Waals surface area contributed by atoms with Gasteiger partial charge in [-0.1, -0.05) is 6.92 Å². The number of rotatable bonds is 5. The molecule has 0 heterocycles. The van der Waals surface area contributed by atoms with E-state index in [9.17, 15) is 13.2 Å². The van der Waals surface area contributed by atoms with Crippen molar-refractivity contribution in [1.82, 2.24) is 0 Å². The Kier molecular flexibility index (Phi) is 5.47. The van der Waals surface area contributed by atoms with Gasteiger partial charge >= 0.3 is 6.18 Å². The summed E-state index contributed by atoms with van der Waals surface area (Å²) >= 11 is 3.16. The molecule has 102 valence electrons. The molecule has 1 N–H and O–H groups in total. The average Bonchev–Trinajstić information content (AvgIpc) is 2.27. The van der Waals surface area contributed by atoms with E-state index in [0.717, 1.165) is 18.6 Å². The number of halogens is 4. The minimum Gasteiger partial charge on any atom is -0.395 e. The lowest BCUT2D eigenvalue weighted by Crippen LogP contribution is -2.27. The van der Waals surface area contributed by atoms with Crippen LogP contribution >= 0.6 is 15.9 Å². The number of nitrogens with zero attached hydrogens (tertiary/aromatic N) is 1. The van der Waals surface area contributed by atoms with E-state index in [-0.39, 0.29) is 6.61 Å². The maximum atomic E-state index is 12.5. The lowest BCUT2D eigenvalue weighted by molar-refractivity contribution is -0.137. The van der Waals surface area contributed by atoms with Crippen molar-refractivity contribution in [3.63, 3.8) is 0 Å². The number of hydrogen-bond acceptors (Lipinski definition) is 2. The summed E-state index contributed by atoms with van der Waals surface area (Å²) in [6.45, 7) is 3.03. The summed E-state index contributed by atoms with van der Waals surface area (Å²) in [6, 6.07) is 3.55. The lowest BCUT2D eigenvalue weighted by atomic mass is 10.2. The van der Waals surface area contributed by atoms with Gasteiger partial charge in [-0.15, -0.1) is 0 Å². The van der Waals surface area contributed by atoms with E-state index in [1.54, 1.807) is 0 Å². The lowest BCUT2D eigenvalue weighted by Gasteiger charge is -2.25. The van der Waals surface area contributed by atoms with Crippen LogP contribution in [0, 0.1) is 0 Å². The maximum absolute atomic E-state index is 12.5. The third-order valence-electron chi connectivity index (χ3n) is 2.48. The normalized spacial score (nSPS) is 11.7. The van der Waals surface area contributed by atoms with Crippen molar-refractivity contribution in [1.29, 1.82) is 0 Å². The maximum Gasteiger partial charge on any atom is 0.416 e. The highest BCUT2D eigenvalue weighted by molar-refractivity contribution is 9.10. The fraction of sp³-hybridized carbons (Fsp3) is 0.500. The van der Waals surface area contributed by atoms with Crippen molar-refractivity contribution in [2.24, 2.45) is 0 Å². The molecule has 6 heteroatoms. The number of hydrogen-bond donors (Lipinski definition) is 1. The van der Waals surface area contributed by atoms with Crippen LogP contribution < -0.4 is 4.90 Å². The standard InChI is InChI=1S/C12H15BrF3NO/c1-2-5-17(6-7-18)11-4-3-9(8-10(11)13)12(14,15)16/h3-4,8,18H,2,5-7H2,1H3. The first-order valence-electron chi connectivity index (χ1n) is 5.62. The van der Waals surface area contributed by atoms with E-state index in [0.29, 0.717) is 23.2 Å². The minimum atomic E-state index is -4.34. The number of anilines is 1. The van der Waals surface area contributed by atoms with Gasteiger partial charge in [-0.3, -0.25) is 0 Å². The van der Waals surface area contributed by atoms with Crippen molar-refractivity contribution >= 4 is 21.6 Å². The van der Waals surface area contributed by atoms with E-state index >= 15 is 0 Å². The summed E-state index contributed by atoms with van der Waals surface area (Å²) < 4.78 is 38.0. The molecule has 0 bridgehead atoms. The zero-order valence-corrected chi connectivity index (χ0v) is 11.6. The van der Waals surface area contributed by atoms with Gasteiger partial charge in [0.2, 0.25) is 0 Å². The molecule has 0 aliphatic carbocycles. The van der Waals surface area contributed by atoms with Gasteiger partial charge in [-0.05, 0) is 40.5 Å². The molecule has 1 rings (SSSR count). The molecule has 0 atom stereocenters. The van der Waals surface area contributed by atoms with Crippen LogP contribution in [0.4, 0.5) is 18.9 Å². The van der Waals surface area contributed by atoms with Crippen molar-refractivity contribution < 1.29 is 18.3 Å². The highest BCUT2D eigenvalue weighted by Gasteiger charge is 2.31. The fourth-order valence-electron chi connectivity index (χ4n) is 1.68. The Morgan fingerprint density at radius 3 is 2.39 bits per heavy atom. The highest BCUT2D eigenvalue weighted by atomic mass is 79.9. The van der Waals surface area contributed by atoms with Crippen LogP contribution in [0.5, 0.6) is 0 Å². The average molecular weight is 326 g/mol. The third kappa shape index (κ3) is 3.88. The predicted molar refractivity (Wildman–Crippen MR) is 68.7 cm³/mol. The third-order valence-corrected chi connectivity index (χ3v) is 3.11. The Bertz CT molecular complexity index is 389. The van der Waals surface area contributed by atoms with Crippen LogP contribution in [0.1, 0.15) is 18.9 Å². The molecule has 1 aromatic rings. The summed E-state index contributed by atoms with van der Waals surface area (Å²) in [6.07, 6.45) is -3.49. The summed E-state index contributed by atoms with van der Waals surface area (Å²) in [5.41, 5.74) is -0.0162. The number of aliphatic hydroxyl groups excluding tert-OH is 1.